The van der Waals surface area contributed by atoms with Crippen LogP contribution in [0.1, 0.15) is 55.0 Å². The zero-order valence-corrected chi connectivity index (χ0v) is 25.7. The molecule has 1 amide bonds. The third-order valence-corrected chi connectivity index (χ3v) is 8.11. The van der Waals surface area contributed by atoms with Crippen LogP contribution in [0.4, 0.5) is 4.79 Å². The molecule has 3 heterocycles. The molecule has 1 aliphatic rings. The molecule has 1 unspecified atom stereocenters. The summed E-state index contributed by atoms with van der Waals surface area (Å²) in [5, 5.41) is 5.32. The zero-order chi connectivity index (χ0) is 29.9. The highest BCUT2D eigenvalue weighted by Crippen LogP contribution is 2.39. The molecule has 0 spiro atoms. The standard InChI is InChI=1S/C33H42ClN5O4/c1-41-21-22-43-33(40)39-18-13-28-29-23-26(34)9-12-30(29)37-31(28)32(39)25-7-10-27(11-8-25)42-20-5-3-2-4-14-35-15-6-17-38-19-16-36-24-38/h7-12,16,19,23-24,32,35,37H,2-6,13-15,17-18,20-22H2,1H3. The van der Waals surface area contributed by atoms with Gasteiger partial charge in [0.05, 0.1) is 19.5 Å². The molecule has 0 saturated carbocycles. The number of H-pyrrole nitrogens is 1. The number of fused-ring (bicyclic) bond motifs is 3. The number of carbonyl (C=O) groups excluding carboxylic acids is 1. The Morgan fingerprint density at radius 1 is 1.05 bits per heavy atom. The number of benzene rings is 2. The van der Waals surface area contributed by atoms with Gasteiger partial charge in [-0.25, -0.2) is 9.78 Å². The molecule has 43 heavy (non-hydrogen) atoms. The molecule has 0 saturated heterocycles. The summed E-state index contributed by atoms with van der Waals surface area (Å²) >= 11 is 6.32. The van der Waals surface area contributed by atoms with Crippen LogP contribution >= 0.6 is 11.6 Å². The minimum absolute atomic E-state index is 0.212. The molecule has 9 nitrogen and oxygen atoms in total. The van der Waals surface area contributed by atoms with Gasteiger partial charge in [-0.2, -0.15) is 0 Å². The Kier molecular flexibility index (Phi) is 11.4. The third-order valence-electron chi connectivity index (χ3n) is 7.88. The van der Waals surface area contributed by atoms with Crippen molar-refractivity contribution >= 4 is 28.6 Å². The third kappa shape index (κ3) is 8.31. The maximum atomic E-state index is 13.1. The van der Waals surface area contributed by atoms with Crippen LogP contribution in [0.15, 0.2) is 61.2 Å². The Bertz CT molecular complexity index is 1420. The van der Waals surface area contributed by atoms with Crippen LogP contribution in [0.2, 0.25) is 5.02 Å². The van der Waals surface area contributed by atoms with Crippen molar-refractivity contribution in [3.63, 3.8) is 0 Å². The molecule has 2 aromatic heterocycles. The molecule has 0 fully saturated rings. The summed E-state index contributed by atoms with van der Waals surface area (Å²) in [4.78, 5) is 22.6. The van der Waals surface area contributed by atoms with E-state index in [0.29, 0.717) is 24.8 Å². The summed E-state index contributed by atoms with van der Waals surface area (Å²) < 4.78 is 18.8. The lowest BCUT2D eigenvalue weighted by atomic mass is 9.92. The number of halogens is 1. The molecule has 2 aromatic carbocycles. The number of imidazole rings is 1. The minimum atomic E-state index is -0.352. The molecule has 2 N–H and O–H groups in total. The van der Waals surface area contributed by atoms with Crippen molar-refractivity contribution in [1.82, 2.24) is 24.8 Å². The highest BCUT2D eigenvalue weighted by molar-refractivity contribution is 6.31. The van der Waals surface area contributed by atoms with Gasteiger partial charge in [-0.05, 0) is 80.2 Å². The van der Waals surface area contributed by atoms with Gasteiger partial charge in [-0.15, -0.1) is 0 Å². The van der Waals surface area contributed by atoms with Gasteiger partial charge in [0.2, 0.25) is 0 Å². The molecular formula is C33H42ClN5O4. The van der Waals surface area contributed by atoms with Crippen LogP contribution in [0.25, 0.3) is 10.9 Å². The van der Waals surface area contributed by atoms with Crippen LogP contribution in [0, 0.1) is 0 Å². The fraction of sp³-hybridized carbons (Fsp3) is 0.455. The molecule has 4 aromatic rings. The fourth-order valence-corrected chi connectivity index (χ4v) is 5.84. The van der Waals surface area contributed by atoms with Gasteiger partial charge in [0.25, 0.3) is 0 Å². The number of hydrogen-bond donors (Lipinski definition) is 2. The van der Waals surface area contributed by atoms with Gasteiger partial charge in [0.15, 0.2) is 0 Å². The Morgan fingerprint density at radius 2 is 1.88 bits per heavy atom. The second kappa shape index (κ2) is 15.8. The SMILES string of the molecule is COCCOC(=O)N1CCc2c([nH]c3ccc(Cl)cc23)C1c1ccc(OCCCCCCNCCCn2ccnc2)cc1. The first-order chi connectivity index (χ1) is 21.1. The van der Waals surface area contributed by atoms with Gasteiger partial charge in [-0.1, -0.05) is 36.6 Å². The van der Waals surface area contributed by atoms with E-state index in [-0.39, 0.29) is 18.7 Å². The number of aryl methyl sites for hydroxylation is 1. The van der Waals surface area contributed by atoms with Crippen molar-refractivity contribution in [2.24, 2.45) is 0 Å². The van der Waals surface area contributed by atoms with Crippen molar-refractivity contribution in [2.45, 2.75) is 51.1 Å². The number of amides is 1. The lowest BCUT2D eigenvalue weighted by molar-refractivity contribution is 0.0629. The van der Waals surface area contributed by atoms with E-state index in [4.69, 9.17) is 25.8 Å². The van der Waals surface area contributed by atoms with Gasteiger partial charge >= 0.3 is 6.09 Å². The molecule has 0 radical (unpaired) electrons. The summed E-state index contributed by atoms with van der Waals surface area (Å²) in [5.74, 6) is 0.831. The van der Waals surface area contributed by atoms with Crippen LogP contribution in [0.3, 0.4) is 0 Å². The maximum Gasteiger partial charge on any atom is 0.410 e. The monoisotopic (exact) mass is 607 g/mol. The molecule has 0 aliphatic carbocycles. The molecule has 1 atom stereocenters. The number of unbranched alkanes of at least 4 members (excludes halogenated alkanes) is 3. The largest absolute Gasteiger partial charge is 0.494 e. The number of aromatic nitrogens is 3. The summed E-state index contributed by atoms with van der Waals surface area (Å²) in [5.41, 5.74) is 4.18. The van der Waals surface area contributed by atoms with Crippen molar-refractivity contribution in [3.05, 3.63) is 83.0 Å². The number of aromatic amines is 1. The van der Waals surface area contributed by atoms with Crippen molar-refractivity contribution in [2.75, 3.05) is 46.6 Å². The summed E-state index contributed by atoms with van der Waals surface area (Å²) in [6.07, 6.45) is 11.7. The van der Waals surface area contributed by atoms with Gasteiger partial charge in [-0.3, -0.25) is 4.90 Å². The Hall–Kier alpha value is -3.53. The first kappa shape index (κ1) is 30.9. The van der Waals surface area contributed by atoms with E-state index in [1.807, 2.05) is 61.2 Å². The molecule has 10 heteroatoms. The molecule has 230 valence electrons. The normalized spacial score (nSPS) is 14.7. The number of nitrogens with zero attached hydrogens (tertiary/aromatic N) is 3. The lowest BCUT2D eigenvalue weighted by Crippen LogP contribution is -2.41. The van der Waals surface area contributed by atoms with Crippen molar-refractivity contribution < 1.29 is 19.0 Å². The maximum absolute atomic E-state index is 13.1. The number of nitrogens with one attached hydrogen (secondary N) is 2. The van der Waals surface area contributed by atoms with E-state index >= 15 is 0 Å². The highest BCUT2D eigenvalue weighted by Gasteiger charge is 2.35. The summed E-state index contributed by atoms with van der Waals surface area (Å²) in [6.45, 7) is 4.89. The summed E-state index contributed by atoms with van der Waals surface area (Å²) in [7, 11) is 1.59. The van der Waals surface area contributed by atoms with Gasteiger partial charge in [0.1, 0.15) is 18.4 Å². The molecule has 1 aliphatic heterocycles. The van der Waals surface area contributed by atoms with Crippen molar-refractivity contribution in [3.8, 4) is 5.75 Å². The lowest BCUT2D eigenvalue weighted by Gasteiger charge is -2.35. The quantitative estimate of drug-likeness (QED) is 0.144. The van der Waals surface area contributed by atoms with Crippen LogP contribution < -0.4 is 10.1 Å². The zero-order valence-electron chi connectivity index (χ0n) is 24.9. The number of carbonyl (C=O) groups is 1. The van der Waals surface area contributed by atoms with E-state index in [0.717, 1.165) is 73.2 Å². The second-order valence-electron chi connectivity index (χ2n) is 10.9. The molecule has 5 rings (SSSR count). The predicted octanol–water partition coefficient (Wildman–Crippen LogP) is 6.37. The number of hydrogen-bond acceptors (Lipinski definition) is 6. The predicted molar refractivity (Wildman–Crippen MR) is 169 cm³/mol. The first-order valence-electron chi connectivity index (χ1n) is 15.3. The van der Waals surface area contributed by atoms with E-state index in [1.165, 1.54) is 18.4 Å². The van der Waals surface area contributed by atoms with Crippen molar-refractivity contribution in [1.29, 1.82) is 0 Å². The number of rotatable bonds is 16. The van der Waals surface area contributed by atoms with E-state index in [1.54, 1.807) is 12.0 Å². The number of ether oxygens (including phenoxy) is 3. The van der Waals surface area contributed by atoms with Crippen LogP contribution in [0.5, 0.6) is 5.75 Å². The van der Waals surface area contributed by atoms with Gasteiger partial charge < -0.3 is 29.1 Å². The summed E-state index contributed by atoms with van der Waals surface area (Å²) in [6, 6.07) is 13.6. The average Bonchev–Trinajstić information content (AvgIpc) is 3.67. The Balaban J connectivity index is 1.11. The van der Waals surface area contributed by atoms with E-state index in [9.17, 15) is 4.79 Å². The topological polar surface area (TPSA) is 93.6 Å². The van der Waals surface area contributed by atoms with Crippen LogP contribution in [-0.2, 0) is 22.4 Å². The highest BCUT2D eigenvalue weighted by atomic mass is 35.5. The number of methoxy groups -OCH3 is 1. The first-order valence-corrected chi connectivity index (χ1v) is 15.6. The minimum Gasteiger partial charge on any atom is -0.494 e. The van der Waals surface area contributed by atoms with E-state index < -0.39 is 0 Å². The van der Waals surface area contributed by atoms with Gasteiger partial charge in [0, 0.05) is 54.2 Å². The van der Waals surface area contributed by atoms with E-state index in [2.05, 4.69) is 19.9 Å². The molecule has 0 bridgehead atoms. The average molecular weight is 608 g/mol. The van der Waals surface area contributed by atoms with Crippen LogP contribution in [-0.4, -0.2) is 72.1 Å². The Labute approximate surface area is 258 Å². The Morgan fingerprint density at radius 3 is 2.70 bits per heavy atom. The molecular weight excluding hydrogens is 566 g/mol. The second-order valence-corrected chi connectivity index (χ2v) is 11.3. The fourth-order valence-electron chi connectivity index (χ4n) is 5.67. The smallest absolute Gasteiger partial charge is 0.410 e.